The molecule has 0 aliphatic heterocycles. The molecule has 0 fully saturated rings. The van der Waals surface area contributed by atoms with Crippen molar-refractivity contribution in [3.63, 3.8) is 0 Å². The lowest BCUT2D eigenvalue weighted by Gasteiger charge is -2.17. The topological polar surface area (TPSA) is 59.6 Å². The van der Waals surface area contributed by atoms with Crippen LogP contribution in [0.2, 0.25) is 5.02 Å². The minimum absolute atomic E-state index is 0.301. The van der Waals surface area contributed by atoms with Crippen molar-refractivity contribution in [2.45, 2.75) is 13.0 Å². The number of urea groups is 1. The number of benzene rings is 2. The predicted octanol–water partition coefficient (Wildman–Crippen LogP) is 4.38. The Balaban J connectivity index is 2.09. The average molecular weight is 353 g/mol. The number of hydrogen-bond acceptors (Lipinski definition) is 3. The standard InChI is InChI=1S/C17H18ClFN2O3/c1-10(11-4-6-12(19)7-5-11)20-17(22)21-14-8-13(18)15(23-2)9-16(14)24-3/h4-10H,1-3H3,(H2,20,21,22)/t10-/m1/s1. The van der Waals surface area contributed by atoms with Crippen molar-refractivity contribution >= 4 is 23.3 Å². The molecule has 7 heteroatoms. The Morgan fingerprint density at radius 3 is 2.33 bits per heavy atom. The van der Waals surface area contributed by atoms with Crippen molar-refractivity contribution in [1.82, 2.24) is 5.32 Å². The molecule has 1 atom stereocenters. The molecule has 5 nitrogen and oxygen atoms in total. The molecular formula is C17H18ClFN2O3. The van der Waals surface area contributed by atoms with Gasteiger partial charge in [0.15, 0.2) is 0 Å². The maximum Gasteiger partial charge on any atom is 0.319 e. The van der Waals surface area contributed by atoms with Gasteiger partial charge in [-0.1, -0.05) is 23.7 Å². The summed E-state index contributed by atoms with van der Waals surface area (Å²) < 4.78 is 23.3. The Morgan fingerprint density at radius 2 is 1.75 bits per heavy atom. The van der Waals surface area contributed by atoms with E-state index >= 15 is 0 Å². The largest absolute Gasteiger partial charge is 0.495 e. The number of hydrogen-bond donors (Lipinski definition) is 2. The summed E-state index contributed by atoms with van der Waals surface area (Å²) in [7, 11) is 2.97. The SMILES string of the molecule is COc1cc(OC)c(NC(=O)N[C@H](C)c2ccc(F)cc2)cc1Cl. The molecule has 2 N–H and O–H groups in total. The molecule has 2 aromatic carbocycles. The Morgan fingerprint density at radius 1 is 1.12 bits per heavy atom. The van der Waals surface area contributed by atoms with Crippen molar-refractivity contribution in [1.29, 1.82) is 0 Å². The third-order valence-electron chi connectivity index (χ3n) is 3.44. The quantitative estimate of drug-likeness (QED) is 0.839. The predicted molar refractivity (Wildman–Crippen MR) is 91.5 cm³/mol. The number of rotatable bonds is 5. The van der Waals surface area contributed by atoms with Crippen molar-refractivity contribution in [3.8, 4) is 11.5 Å². The first-order valence-corrected chi connectivity index (χ1v) is 7.57. The average Bonchev–Trinajstić information content (AvgIpc) is 2.55. The van der Waals surface area contributed by atoms with Gasteiger partial charge in [0.1, 0.15) is 17.3 Å². The highest BCUT2D eigenvalue weighted by molar-refractivity contribution is 6.32. The van der Waals surface area contributed by atoms with Gasteiger partial charge in [0, 0.05) is 6.07 Å². The molecule has 0 unspecified atom stereocenters. The summed E-state index contributed by atoms with van der Waals surface area (Å²) in [6.45, 7) is 1.80. The van der Waals surface area contributed by atoms with E-state index < -0.39 is 6.03 Å². The van der Waals surface area contributed by atoms with Crippen LogP contribution in [0.3, 0.4) is 0 Å². The molecule has 2 rings (SSSR count). The van der Waals surface area contributed by atoms with Gasteiger partial charge in [-0.15, -0.1) is 0 Å². The molecule has 0 aliphatic rings. The molecule has 0 spiro atoms. The second kappa shape index (κ2) is 7.88. The summed E-state index contributed by atoms with van der Waals surface area (Å²) in [4.78, 5) is 12.2. The molecule has 0 aliphatic carbocycles. The highest BCUT2D eigenvalue weighted by Gasteiger charge is 2.14. The molecule has 0 saturated heterocycles. The molecule has 2 aromatic rings. The Bertz CT molecular complexity index is 723. The number of nitrogens with one attached hydrogen (secondary N) is 2. The maximum atomic E-state index is 12.9. The number of carbonyl (C=O) groups is 1. The molecule has 0 saturated carbocycles. The van der Waals surface area contributed by atoms with Crippen LogP contribution in [0.4, 0.5) is 14.9 Å². The second-order valence-electron chi connectivity index (χ2n) is 5.06. The molecule has 0 heterocycles. The fourth-order valence-corrected chi connectivity index (χ4v) is 2.39. The van der Waals surface area contributed by atoms with E-state index in [1.807, 2.05) is 0 Å². The van der Waals surface area contributed by atoms with E-state index in [4.69, 9.17) is 21.1 Å². The van der Waals surface area contributed by atoms with Crippen molar-refractivity contribution in [2.24, 2.45) is 0 Å². The van der Waals surface area contributed by atoms with E-state index in [1.165, 1.54) is 26.4 Å². The maximum absolute atomic E-state index is 12.9. The van der Waals surface area contributed by atoms with Gasteiger partial charge >= 0.3 is 6.03 Å². The number of anilines is 1. The lowest BCUT2D eigenvalue weighted by molar-refractivity contribution is 0.249. The Labute approximate surface area is 144 Å². The van der Waals surface area contributed by atoms with Crippen molar-refractivity contribution in [2.75, 3.05) is 19.5 Å². The van der Waals surface area contributed by atoms with Crippen LogP contribution < -0.4 is 20.1 Å². The van der Waals surface area contributed by atoms with Gasteiger partial charge in [-0.3, -0.25) is 0 Å². The Hall–Kier alpha value is -2.47. The minimum atomic E-state index is -0.439. The molecule has 0 bridgehead atoms. The van der Waals surface area contributed by atoms with Gasteiger partial charge in [-0.05, 0) is 30.7 Å². The van der Waals surface area contributed by atoms with Crippen LogP contribution in [0, 0.1) is 5.82 Å². The molecular weight excluding hydrogens is 335 g/mol. The fourth-order valence-electron chi connectivity index (χ4n) is 2.15. The monoisotopic (exact) mass is 352 g/mol. The van der Waals surface area contributed by atoms with Crippen LogP contribution in [-0.4, -0.2) is 20.3 Å². The normalized spacial score (nSPS) is 11.5. The molecule has 0 aromatic heterocycles. The van der Waals surface area contributed by atoms with Gasteiger partial charge in [0.2, 0.25) is 0 Å². The molecule has 2 amide bonds. The van der Waals surface area contributed by atoms with Gasteiger partial charge in [-0.2, -0.15) is 0 Å². The number of amides is 2. The summed E-state index contributed by atoms with van der Waals surface area (Å²) in [6.07, 6.45) is 0. The van der Waals surface area contributed by atoms with Gasteiger partial charge in [0.25, 0.3) is 0 Å². The molecule has 0 radical (unpaired) electrons. The van der Waals surface area contributed by atoms with E-state index in [1.54, 1.807) is 31.2 Å². The zero-order valence-electron chi connectivity index (χ0n) is 13.5. The number of methoxy groups -OCH3 is 2. The van der Waals surface area contributed by atoms with E-state index in [2.05, 4.69) is 10.6 Å². The first-order chi connectivity index (χ1) is 11.4. The molecule has 24 heavy (non-hydrogen) atoms. The number of halogens is 2. The van der Waals surface area contributed by atoms with E-state index in [0.29, 0.717) is 22.2 Å². The number of ether oxygens (including phenoxy) is 2. The minimum Gasteiger partial charge on any atom is -0.495 e. The third kappa shape index (κ3) is 4.29. The zero-order valence-corrected chi connectivity index (χ0v) is 14.3. The summed E-state index contributed by atoms with van der Waals surface area (Å²) in [5, 5.41) is 5.79. The van der Waals surface area contributed by atoms with Crippen LogP contribution >= 0.6 is 11.6 Å². The summed E-state index contributed by atoms with van der Waals surface area (Å²) in [5.74, 6) is 0.535. The Kier molecular flexibility index (Phi) is 5.87. The van der Waals surface area contributed by atoms with Crippen LogP contribution in [0.25, 0.3) is 0 Å². The van der Waals surface area contributed by atoms with Crippen molar-refractivity contribution in [3.05, 3.63) is 52.8 Å². The highest BCUT2D eigenvalue weighted by Crippen LogP contribution is 2.35. The van der Waals surface area contributed by atoms with Crippen molar-refractivity contribution < 1.29 is 18.7 Å². The zero-order chi connectivity index (χ0) is 17.7. The van der Waals surface area contributed by atoms with Crippen LogP contribution in [0.1, 0.15) is 18.5 Å². The smallest absolute Gasteiger partial charge is 0.319 e. The fraction of sp³-hybridized carbons (Fsp3) is 0.235. The first kappa shape index (κ1) is 17.9. The van der Waals surface area contributed by atoms with E-state index in [0.717, 1.165) is 5.56 Å². The van der Waals surface area contributed by atoms with E-state index in [-0.39, 0.29) is 11.9 Å². The third-order valence-corrected chi connectivity index (χ3v) is 3.74. The number of carbonyl (C=O) groups excluding carboxylic acids is 1. The van der Waals surface area contributed by atoms with Gasteiger partial charge in [-0.25, -0.2) is 9.18 Å². The summed E-state index contributed by atoms with van der Waals surface area (Å²) in [6, 6.07) is 8.31. The van der Waals surface area contributed by atoms with Gasteiger partial charge < -0.3 is 20.1 Å². The van der Waals surface area contributed by atoms with Crippen LogP contribution in [-0.2, 0) is 0 Å². The van der Waals surface area contributed by atoms with Crippen LogP contribution in [0.15, 0.2) is 36.4 Å². The first-order valence-electron chi connectivity index (χ1n) is 7.19. The van der Waals surface area contributed by atoms with Gasteiger partial charge in [0.05, 0.1) is 31.0 Å². The lowest BCUT2D eigenvalue weighted by atomic mass is 10.1. The second-order valence-corrected chi connectivity index (χ2v) is 5.47. The highest BCUT2D eigenvalue weighted by atomic mass is 35.5. The van der Waals surface area contributed by atoms with E-state index in [9.17, 15) is 9.18 Å². The summed E-state index contributed by atoms with van der Waals surface area (Å²) >= 11 is 6.07. The lowest BCUT2D eigenvalue weighted by Crippen LogP contribution is -2.31. The van der Waals surface area contributed by atoms with Crippen LogP contribution in [0.5, 0.6) is 11.5 Å². The summed E-state index contributed by atoms with van der Waals surface area (Å²) in [5.41, 5.74) is 1.19. The molecule has 128 valence electrons.